The molecule has 38 heavy (non-hydrogen) atoms. The first-order chi connectivity index (χ1) is 17.7. The fourth-order valence-electron chi connectivity index (χ4n) is 5.15. The van der Waals surface area contributed by atoms with Crippen LogP contribution in [0.1, 0.15) is 50.7 Å². The lowest BCUT2D eigenvalue weighted by Crippen LogP contribution is -2.45. The van der Waals surface area contributed by atoms with Gasteiger partial charge in [-0.25, -0.2) is 8.78 Å². The van der Waals surface area contributed by atoms with Gasteiger partial charge in [0.05, 0.1) is 18.6 Å². The molecule has 0 unspecified atom stereocenters. The normalized spacial score (nSPS) is 24.0. The van der Waals surface area contributed by atoms with Gasteiger partial charge in [0.2, 0.25) is 5.91 Å². The van der Waals surface area contributed by atoms with Crippen LogP contribution < -0.4 is 11.1 Å². The Morgan fingerprint density at radius 1 is 1.21 bits per heavy atom. The summed E-state index contributed by atoms with van der Waals surface area (Å²) in [6, 6.07) is 8.14. The van der Waals surface area contributed by atoms with Gasteiger partial charge >= 0.3 is 5.97 Å². The largest absolute Gasteiger partial charge is 0.462 e. The number of ether oxygens (including phenoxy) is 1. The van der Waals surface area contributed by atoms with Gasteiger partial charge in [0.1, 0.15) is 29.7 Å². The molecule has 0 saturated carbocycles. The second-order valence-corrected chi connectivity index (χ2v) is 11.5. The highest BCUT2D eigenvalue weighted by Gasteiger charge is 2.62. The van der Waals surface area contributed by atoms with Crippen molar-refractivity contribution in [2.75, 3.05) is 6.61 Å². The molecule has 11 heteroatoms. The predicted octanol–water partition coefficient (Wildman–Crippen LogP) is 4.37. The summed E-state index contributed by atoms with van der Waals surface area (Å²) in [5, 5.41) is 23.9. The summed E-state index contributed by atoms with van der Waals surface area (Å²) in [5.74, 6) is -4.90. The second kappa shape index (κ2) is 11.5. The van der Waals surface area contributed by atoms with Crippen molar-refractivity contribution in [1.82, 2.24) is 5.32 Å². The van der Waals surface area contributed by atoms with Crippen LogP contribution in [0.5, 0.6) is 0 Å². The van der Waals surface area contributed by atoms with E-state index in [9.17, 15) is 20.0 Å². The first-order valence-corrected chi connectivity index (χ1v) is 12.7. The highest BCUT2D eigenvalue weighted by atomic mass is 35.5. The number of benzene rings is 2. The molecule has 0 spiro atoms. The number of aliphatic hydroxyl groups excluding tert-OH is 1. The van der Waals surface area contributed by atoms with Crippen molar-refractivity contribution >= 4 is 35.1 Å². The molecule has 1 aliphatic rings. The Kier molecular flexibility index (Phi) is 9.04. The molecule has 2 aromatic rings. The van der Waals surface area contributed by atoms with Gasteiger partial charge in [-0.3, -0.25) is 14.9 Å². The van der Waals surface area contributed by atoms with Crippen molar-refractivity contribution in [2.45, 2.75) is 63.1 Å². The summed E-state index contributed by atoms with van der Waals surface area (Å²) in [7, 11) is 0. The van der Waals surface area contributed by atoms with E-state index in [0.29, 0.717) is 5.56 Å². The molecule has 204 valence electrons. The molecular weight excluding hydrogens is 539 g/mol. The summed E-state index contributed by atoms with van der Waals surface area (Å²) in [6.07, 6.45) is -1.54. The summed E-state index contributed by atoms with van der Waals surface area (Å²) >= 11 is 12.1. The number of rotatable bonds is 8. The maximum absolute atomic E-state index is 15.6. The molecule has 1 fully saturated rings. The Morgan fingerprint density at radius 2 is 1.84 bits per heavy atom. The number of amides is 1. The molecule has 4 N–H and O–H groups in total. The van der Waals surface area contributed by atoms with Gasteiger partial charge in [0.15, 0.2) is 0 Å². The number of nitrogens with zero attached hydrogens (tertiary/aromatic N) is 1. The number of hydrogen-bond acceptors (Lipinski definition) is 6. The Labute approximate surface area is 229 Å². The number of nitrogens with one attached hydrogen (secondary N) is 1. The van der Waals surface area contributed by atoms with Crippen molar-refractivity contribution in [1.29, 1.82) is 5.26 Å². The fraction of sp³-hybridized carbons (Fsp3) is 0.444. The van der Waals surface area contributed by atoms with Crippen LogP contribution in [0.25, 0.3) is 0 Å². The third kappa shape index (κ3) is 6.26. The lowest BCUT2D eigenvalue weighted by molar-refractivity contribution is -0.150. The zero-order valence-corrected chi connectivity index (χ0v) is 22.6. The SMILES string of the molecule is CC(C)(C)C[C@@H]1N[C@@H](C(=O)OC[C@@H](O)CC(N)=O)[C@H](c2cccc(Cl)c2)[C@@]1(C#N)c1c(F)cc(Cl)cc1F. The molecule has 1 aliphatic heterocycles. The van der Waals surface area contributed by atoms with Gasteiger partial charge in [0, 0.05) is 27.6 Å². The zero-order valence-electron chi connectivity index (χ0n) is 21.1. The van der Waals surface area contributed by atoms with E-state index in [4.69, 9.17) is 33.7 Å². The van der Waals surface area contributed by atoms with E-state index < -0.39 is 77.0 Å². The van der Waals surface area contributed by atoms with Crippen LogP contribution in [0.2, 0.25) is 10.0 Å². The number of hydrogen-bond donors (Lipinski definition) is 3. The lowest BCUT2D eigenvalue weighted by atomic mass is 9.62. The van der Waals surface area contributed by atoms with E-state index in [2.05, 4.69) is 11.4 Å². The average molecular weight is 568 g/mol. The third-order valence-corrected chi connectivity index (χ3v) is 6.95. The van der Waals surface area contributed by atoms with Gasteiger partial charge in [-0.05, 0) is 41.7 Å². The minimum absolute atomic E-state index is 0.186. The van der Waals surface area contributed by atoms with Gasteiger partial charge in [-0.2, -0.15) is 5.26 Å². The number of nitriles is 1. The molecule has 2 aromatic carbocycles. The number of nitrogens with two attached hydrogens (primary N) is 1. The van der Waals surface area contributed by atoms with E-state index in [-0.39, 0.29) is 16.5 Å². The topological polar surface area (TPSA) is 125 Å². The van der Waals surface area contributed by atoms with Crippen LogP contribution in [-0.2, 0) is 19.7 Å². The van der Waals surface area contributed by atoms with Crippen LogP contribution >= 0.6 is 23.2 Å². The van der Waals surface area contributed by atoms with Crippen LogP contribution in [0.15, 0.2) is 36.4 Å². The molecular formula is C27H29Cl2F2N3O4. The van der Waals surface area contributed by atoms with E-state index in [1.807, 2.05) is 20.8 Å². The maximum Gasteiger partial charge on any atom is 0.323 e. The number of primary amides is 1. The van der Waals surface area contributed by atoms with Crippen molar-refractivity contribution < 1.29 is 28.2 Å². The fourth-order valence-corrected chi connectivity index (χ4v) is 5.54. The first kappa shape index (κ1) is 29.8. The number of carbonyl (C=O) groups is 2. The van der Waals surface area contributed by atoms with Gasteiger partial charge in [-0.15, -0.1) is 0 Å². The van der Waals surface area contributed by atoms with E-state index >= 15 is 8.78 Å². The van der Waals surface area contributed by atoms with Crippen LogP contribution in [-0.4, -0.2) is 41.8 Å². The molecule has 0 aromatic heterocycles. The number of carbonyl (C=O) groups excluding carboxylic acids is 2. The second-order valence-electron chi connectivity index (χ2n) is 10.7. The molecule has 1 amide bonds. The zero-order chi connectivity index (χ0) is 28.4. The smallest absolute Gasteiger partial charge is 0.323 e. The Morgan fingerprint density at radius 3 is 2.37 bits per heavy atom. The van der Waals surface area contributed by atoms with Gasteiger partial charge in [0.25, 0.3) is 0 Å². The summed E-state index contributed by atoms with van der Waals surface area (Å²) in [6.45, 7) is 5.14. The number of aliphatic hydroxyl groups is 1. The highest BCUT2D eigenvalue weighted by Crippen LogP contribution is 2.53. The minimum Gasteiger partial charge on any atom is -0.462 e. The van der Waals surface area contributed by atoms with Crippen LogP contribution in [0.4, 0.5) is 8.78 Å². The van der Waals surface area contributed by atoms with Crippen molar-refractivity contribution in [3.05, 3.63) is 69.2 Å². The maximum atomic E-state index is 15.6. The summed E-state index contributed by atoms with van der Waals surface area (Å²) < 4.78 is 36.4. The first-order valence-electron chi connectivity index (χ1n) is 11.9. The van der Waals surface area contributed by atoms with Gasteiger partial charge in [-0.1, -0.05) is 56.1 Å². The molecule has 1 heterocycles. The van der Waals surface area contributed by atoms with Crippen molar-refractivity contribution in [2.24, 2.45) is 11.1 Å². The third-order valence-electron chi connectivity index (χ3n) is 6.49. The average Bonchev–Trinajstić information content (AvgIpc) is 3.09. The number of esters is 1. The van der Waals surface area contributed by atoms with E-state index in [1.165, 1.54) is 6.07 Å². The molecule has 1 saturated heterocycles. The lowest BCUT2D eigenvalue weighted by Gasteiger charge is -2.37. The predicted molar refractivity (Wildman–Crippen MR) is 138 cm³/mol. The monoisotopic (exact) mass is 567 g/mol. The van der Waals surface area contributed by atoms with Crippen LogP contribution in [0, 0.1) is 28.4 Å². The molecule has 5 atom stereocenters. The standard InChI is InChI=1S/C27H29Cl2F2N3O4/c1-26(2,3)11-20-27(13-32,23-18(30)8-16(29)9-19(23)31)22(14-5-4-6-15(28)7-14)24(34-20)25(37)38-12-17(35)10-21(33)36/h4-9,17,20,22,24,34-35H,10-12H2,1-3H3,(H2,33,36)/t17-,20-,22-,24+,27-/m0/s1. The number of halogens is 4. The highest BCUT2D eigenvalue weighted by molar-refractivity contribution is 6.30. The molecule has 0 bridgehead atoms. The Balaban J connectivity index is 2.23. The van der Waals surface area contributed by atoms with Crippen molar-refractivity contribution in [3.8, 4) is 6.07 Å². The van der Waals surface area contributed by atoms with Gasteiger partial charge < -0.3 is 15.6 Å². The van der Waals surface area contributed by atoms with Crippen LogP contribution in [0.3, 0.4) is 0 Å². The molecule has 0 radical (unpaired) electrons. The Bertz CT molecular complexity index is 1240. The van der Waals surface area contributed by atoms with Crippen molar-refractivity contribution in [3.63, 3.8) is 0 Å². The van der Waals surface area contributed by atoms with E-state index in [1.54, 1.807) is 18.2 Å². The quantitative estimate of drug-likeness (QED) is 0.406. The Hall–Kier alpha value is -2.77. The molecule has 7 nitrogen and oxygen atoms in total. The molecule has 0 aliphatic carbocycles. The summed E-state index contributed by atoms with van der Waals surface area (Å²) in [4.78, 5) is 24.5. The summed E-state index contributed by atoms with van der Waals surface area (Å²) in [5.41, 5.74) is 2.56. The van der Waals surface area contributed by atoms with E-state index in [0.717, 1.165) is 12.1 Å². The molecule has 3 rings (SSSR count). The minimum atomic E-state index is -1.94.